The molecular weight excluding hydrogens is 336 g/mol. The van der Waals surface area contributed by atoms with Gasteiger partial charge in [-0.2, -0.15) is 21.4 Å². The first kappa shape index (κ1) is 15.5. The molecule has 4 aromatic rings. The second kappa shape index (κ2) is 6.48. The molecule has 4 rings (SSSR count). The molecule has 0 aliphatic heterocycles. The van der Waals surface area contributed by atoms with Crippen LogP contribution in [0.3, 0.4) is 0 Å². The number of hydrogen-bond acceptors (Lipinski definition) is 6. The Morgan fingerprint density at radius 2 is 2.24 bits per heavy atom. The van der Waals surface area contributed by atoms with Crippen LogP contribution in [-0.4, -0.2) is 30.1 Å². The van der Waals surface area contributed by atoms with E-state index in [1.165, 1.54) is 12.5 Å². The number of Topliss-reactive ketones (excluding diaryl/α,β-unsaturated/α-hetero) is 1. The minimum atomic E-state index is 0.0542. The van der Waals surface area contributed by atoms with Gasteiger partial charge < -0.3 is 9.88 Å². The van der Waals surface area contributed by atoms with Crippen LogP contribution in [0.15, 0.2) is 47.7 Å². The summed E-state index contributed by atoms with van der Waals surface area (Å²) in [6.45, 7) is 2.57. The molecule has 0 aliphatic carbocycles. The van der Waals surface area contributed by atoms with Crippen LogP contribution < -0.4 is 5.32 Å². The Balaban J connectivity index is 1.57. The molecule has 126 valence electrons. The van der Waals surface area contributed by atoms with Crippen LogP contribution in [0, 0.1) is 0 Å². The second-order valence-corrected chi connectivity index (χ2v) is 6.58. The molecular formula is C17H16N6OS. The van der Waals surface area contributed by atoms with E-state index in [4.69, 9.17) is 0 Å². The first-order valence-corrected chi connectivity index (χ1v) is 8.73. The van der Waals surface area contributed by atoms with Gasteiger partial charge in [-0.1, -0.05) is 0 Å². The molecule has 0 saturated carbocycles. The maximum Gasteiger partial charge on any atom is 0.229 e. The smallest absolute Gasteiger partial charge is 0.229 e. The topological polar surface area (TPSA) is 77.6 Å². The summed E-state index contributed by atoms with van der Waals surface area (Å²) < 4.78 is 3.69. The third-order valence-corrected chi connectivity index (χ3v) is 4.44. The van der Waals surface area contributed by atoms with Gasteiger partial charge in [-0.15, -0.1) is 0 Å². The van der Waals surface area contributed by atoms with Gasteiger partial charge in [0, 0.05) is 30.5 Å². The van der Waals surface area contributed by atoms with Crippen molar-refractivity contribution < 1.29 is 4.79 Å². The minimum Gasteiger partial charge on any atom is -0.328 e. The van der Waals surface area contributed by atoms with E-state index in [2.05, 4.69) is 41.8 Å². The van der Waals surface area contributed by atoms with Crippen molar-refractivity contribution in [3.8, 4) is 0 Å². The van der Waals surface area contributed by atoms with E-state index >= 15 is 0 Å². The fourth-order valence-corrected chi connectivity index (χ4v) is 3.27. The molecule has 0 spiro atoms. The van der Waals surface area contributed by atoms with Crippen molar-refractivity contribution in [1.82, 2.24) is 24.3 Å². The number of hydrogen-bond donors (Lipinski definition) is 1. The molecule has 0 aromatic carbocycles. The van der Waals surface area contributed by atoms with Crippen molar-refractivity contribution >= 4 is 39.8 Å². The Bertz CT molecular complexity index is 1020. The van der Waals surface area contributed by atoms with E-state index in [-0.39, 0.29) is 12.3 Å². The summed E-state index contributed by atoms with van der Waals surface area (Å²) in [6, 6.07) is 4.12. The number of nitrogens with one attached hydrogen (secondary N) is 1. The van der Waals surface area contributed by atoms with E-state index in [0.29, 0.717) is 5.95 Å². The van der Waals surface area contributed by atoms with Gasteiger partial charge in [-0.3, -0.25) is 9.48 Å². The van der Waals surface area contributed by atoms with Crippen molar-refractivity contribution in [2.24, 2.45) is 0 Å². The second-order valence-electron chi connectivity index (χ2n) is 5.80. The number of ketones is 1. The SMILES string of the molecule is CC(=O)Cn1cc(Nc2ncc3ccn(Cc4ccsc4)c3n2)cn1. The molecule has 0 aliphatic rings. The van der Waals surface area contributed by atoms with E-state index < -0.39 is 0 Å². The molecule has 7 nitrogen and oxygen atoms in total. The van der Waals surface area contributed by atoms with Crippen LogP contribution in [-0.2, 0) is 17.9 Å². The number of carbonyl (C=O) groups excluding carboxylic acids is 1. The summed E-state index contributed by atoms with van der Waals surface area (Å²) in [5.74, 6) is 0.554. The lowest BCUT2D eigenvalue weighted by Crippen LogP contribution is -2.06. The average molecular weight is 352 g/mol. The highest BCUT2D eigenvalue weighted by Gasteiger charge is 2.08. The average Bonchev–Trinajstić information content (AvgIpc) is 3.30. The number of anilines is 2. The van der Waals surface area contributed by atoms with Gasteiger partial charge in [0.15, 0.2) is 5.78 Å². The Morgan fingerprint density at radius 3 is 3.04 bits per heavy atom. The summed E-state index contributed by atoms with van der Waals surface area (Å²) in [5, 5.41) is 12.5. The molecule has 0 radical (unpaired) electrons. The molecule has 0 amide bonds. The Labute approximate surface area is 148 Å². The third kappa shape index (κ3) is 3.43. The Kier molecular flexibility index (Phi) is 4.02. The summed E-state index contributed by atoms with van der Waals surface area (Å²) in [7, 11) is 0. The lowest BCUT2D eigenvalue weighted by atomic mass is 10.3. The van der Waals surface area contributed by atoms with Crippen molar-refractivity contribution in [3.05, 3.63) is 53.2 Å². The minimum absolute atomic E-state index is 0.0542. The van der Waals surface area contributed by atoms with Crippen LogP contribution in [0.2, 0.25) is 0 Å². The van der Waals surface area contributed by atoms with Gasteiger partial charge in [0.1, 0.15) is 5.65 Å². The zero-order chi connectivity index (χ0) is 17.2. The quantitative estimate of drug-likeness (QED) is 0.577. The molecule has 0 fully saturated rings. The van der Waals surface area contributed by atoms with Crippen molar-refractivity contribution in [2.45, 2.75) is 20.0 Å². The summed E-state index contributed by atoms with van der Waals surface area (Å²) in [4.78, 5) is 20.1. The molecule has 0 unspecified atom stereocenters. The first-order valence-electron chi connectivity index (χ1n) is 7.79. The fourth-order valence-electron chi connectivity index (χ4n) is 2.61. The zero-order valence-corrected chi connectivity index (χ0v) is 14.4. The number of rotatable bonds is 6. The van der Waals surface area contributed by atoms with Gasteiger partial charge in [0.05, 0.1) is 18.4 Å². The number of nitrogens with zero attached hydrogens (tertiary/aromatic N) is 5. The van der Waals surface area contributed by atoms with E-state index in [1.807, 2.05) is 12.3 Å². The summed E-state index contributed by atoms with van der Waals surface area (Å²) in [5.41, 5.74) is 2.87. The molecule has 8 heteroatoms. The molecule has 1 N–H and O–H groups in total. The van der Waals surface area contributed by atoms with Gasteiger partial charge in [0.25, 0.3) is 0 Å². The van der Waals surface area contributed by atoms with Crippen LogP contribution in [0.25, 0.3) is 11.0 Å². The maximum atomic E-state index is 11.2. The Morgan fingerprint density at radius 1 is 1.32 bits per heavy atom. The predicted octanol–water partition coefficient (Wildman–Crippen LogP) is 3.07. The van der Waals surface area contributed by atoms with Gasteiger partial charge in [-0.25, -0.2) is 4.98 Å². The highest BCUT2D eigenvalue weighted by Crippen LogP contribution is 2.19. The molecule has 0 bridgehead atoms. The molecule has 0 atom stereocenters. The normalized spacial score (nSPS) is 11.1. The lowest BCUT2D eigenvalue weighted by Gasteiger charge is -2.05. The number of fused-ring (bicyclic) bond motifs is 1. The van der Waals surface area contributed by atoms with Gasteiger partial charge in [0.2, 0.25) is 5.95 Å². The zero-order valence-electron chi connectivity index (χ0n) is 13.6. The van der Waals surface area contributed by atoms with E-state index in [0.717, 1.165) is 23.3 Å². The highest BCUT2D eigenvalue weighted by atomic mass is 32.1. The Hall–Kier alpha value is -3.00. The molecule has 25 heavy (non-hydrogen) atoms. The van der Waals surface area contributed by atoms with Crippen LogP contribution in [0.1, 0.15) is 12.5 Å². The van der Waals surface area contributed by atoms with Crippen molar-refractivity contribution in [2.75, 3.05) is 5.32 Å². The number of carbonyl (C=O) groups is 1. The predicted molar refractivity (Wildman–Crippen MR) is 97.1 cm³/mol. The van der Waals surface area contributed by atoms with E-state index in [9.17, 15) is 4.79 Å². The van der Waals surface area contributed by atoms with Gasteiger partial charge in [-0.05, 0) is 35.4 Å². The van der Waals surface area contributed by atoms with Crippen LogP contribution in [0.4, 0.5) is 11.6 Å². The number of thiophene rings is 1. The standard InChI is InChI=1S/C17H16N6OS/c1-12(24)8-23-10-15(7-19-23)20-17-18-6-14-2-4-22(16(14)21-17)9-13-3-5-25-11-13/h2-7,10-11H,8-9H2,1H3,(H,18,20,21). The van der Waals surface area contributed by atoms with Crippen LogP contribution in [0.5, 0.6) is 0 Å². The lowest BCUT2D eigenvalue weighted by molar-refractivity contribution is -0.117. The largest absolute Gasteiger partial charge is 0.328 e. The highest BCUT2D eigenvalue weighted by molar-refractivity contribution is 7.07. The summed E-state index contributed by atoms with van der Waals surface area (Å²) >= 11 is 1.69. The van der Waals surface area contributed by atoms with E-state index in [1.54, 1.807) is 34.6 Å². The number of aromatic nitrogens is 5. The van der Waals surface area contributed by atoms with Gasteiger partial charge >= 0.3 is 0 Å². The monoisotopic (exact) mass is 352 g/mol. The molecule has 0 saturated heterocycles. The first-order chi connectivity index (χ1) is 12.2. The van der Waals surface area contributed by atoms with Crippen LogP contribution >= 0.6 is 11.3 Å². The molecule has 4 heterocycles. The fraction of sp³-hybridized carbons (Fsp3) is 0.176. The summed E-state index contributed by atoms with van der Waals surface area (Å²) in [6.07, 6.45) is 7.24. The molecule has 4 aromatic heterocycles. The maximum absolute atomic E-state index is 11.2. The third-order valence-electron chi connectivity index (χ3n) is 3.71. The van der Waals surface area contributed by atoms with Crippen molar-refractivity contribution in [3.63, 3.8) is 0 Å². The van der Waals surface area contributed by atoms with Crippen molar-refractivity contribution in [1.29, 1.82) is 0 Å².